The lowest BCUT2D eigenvalue weighted by atomic mass is 9.97. The number of phenolic OH excluding ortho intramolecular Hbond substituents is 1. The van der Waals surface area contributed by atoms with Gasteiger partial charge in [-0.3, -0.25) is 0 Å². The van der Waals surface area contributed by atoms with Crippen molar-refractivity contribution >= 4 is 39.8 Å². The number of aliphatic hydroxyl groups excluding tert-OH is 2. The van der Waals surface area contributed by atoms with Crippen LogP contribution in [0.1, 0.15) is 17.3 Å². The maximum Gasteiger partial charge on any atom is 0.187 e. The fraction of sp³-hybridized carbons (Fsp3) is 0.292. The number of ether oxygens (including phenoxy) is 2. The van der Waals surface area contributed by atoms with E-state index in [2.05, 4.69) is 20.3 Å². The van der Waals surface area contributed by atoms with E-state index in [4.69, 9.17) is 26.8 Å². The van der Waals surface area contributed by atoms with Crippen molar-refractivity contribution in [1.82, 2.24) is 25.0 Å². The van der Waals surface area contributed by atoms with Crippen molar-refractivity contribution in [2.75, 3.05) is 12.3 Å². The van der Waals surface area contributed by atoms with Gasteiger partial charge in [-0.25, -0.2) is 23.4 Å². The van der Waals surface area contributed by atoms with Gasteiger partial charge in [0.15, 0.2) is 28.2 Å². The van der Waals surface area contributed by atoms with E-state index in [1.54, 1.807) is 5.38 Å². The van der Waals surface area contributed by atoms with Crippen LogP contribution in [0.5, 0.6) is 5.75 Å². The summed E-state index contributed by atoms with van der Waals surface area (Å²) in [6, 6.07) is 4.22. The van der Waals surface area contributed by atoms with E-state index in [-0.39, 0.29) is 22.9 Å². The summed E-state index contributed by atoms with van der Waals surface area (Å²) in [5.41, 5.74) is 5.58. The predicted molar refractivity (Wildman–Crippen MR) is 143 cm³/mol. The fourth-order valence-corrected chi connectivity index (χ4v) is 6.20. The van der Waals surface area contributed by atoms with E-state index in [1.165, 1.54) is 34.5 Å². The topological polar surface area (TPSA) is 185 Å². The van der Waals surface area contributed by atoms with Crippen molar-refractivity contribution in [3.8, 4) is 23.2 Å². The largest absolute Gasteiger partial charge is 0.503 e. The summed E-state index contributed by atoms with van der Waals surface area (Å²) in [5, 5.41) is 50.8. The number of nitrogens with zero attached hydrogens (tertiary/aromatic N) is 6. The first kappa shape index (κ1) is 29.1. The van der Waals surface area contributed by atoms with Gasteiger partial charge < -0.3 is 30.5 Å². The predicted octanol–water partition coefficient (Wildman–Crippen LogP) is 2.88. The van der Waals surface area contributed by atoms with E-state index < -0.39 is 53.8 Å². The summed E-state index contributed by atoms with van der Waals surface area (Å²) in [4.78, 5) is 8.53. The number of aromatic hydroxyl groups is 1. The minimum absolute atomic E-state index is 0.0387. The van der Waals surface area contributed by atoms with Crippen molar-refractivity contribution in [2.24, 2.45) is 0 Å². The monoisotopic (exact) mass is 623 g/mol. The van der Waals surface area contributed by atoms with Gasteiger partial charge in [-0.05, 0) is 23.8 Å². The van der Waals surface area contributed by atoms with E-state index in [0.29, 0.717) is 21.4 Å². The molecule has 17 heteroatoms. The number of nitrogen functional groups attached to an aromatic ring is 1. The number of thioether (sulfide) groups is 1. The molecule has 0 saturated carbocycles. The quantitative estimate of drug-likeness (QED) is 0.225. The molecule has 0 aliphatic carbocycles. The molecule has 1 aromatic carbocycles. The van der Waals surface area contributed by atoms with Crippen molar-refractivity contribution in [3.05, 3.63) is 63.9 Å². The van der Waals surface area contributed by atoms with E-state index in [9.17, 15) is 29.4 Å². The summed E-state index contributed by atoms with van der Waals surface area (Å²) >= 11 is 8.31. The highest BCUT2D eigenvalue weighted by atomic mass is 35.5. The molecular formula is C24H20ClF2N7O5S2. The lowest BCUT2D eigenvalue weighted by molar-refractivity contribution is -0.196. The Kier molecular flexibility index (Phi) is 8.66. The summed E-state index contributed by atoms with van der Waals surface area (Å²) in [5.74, 6) is -3.49. The van der Waals surface area contributed by atoms with Gasteiger partial charge in [-0.2, -0.15) is 5.26 Å². The molecule has 1 saturated heterocycles. The first-order valence-electron chi connectivity index (χ1n) is 11.8. The fourth-order valence-electron chi connectivity index (χ4n) is 4.19. The number of pyridine rings is 1. The second-order valence-electron chi connectivity index (χ2n) is 8.78. The first-order valence-corrected chi connectivity index (χ1v) is 13.9. The van der Waals surface area contributed by atoms with Crippen LogP contribution in [-0.4, -0.2) is 70.6 Å². The Balaban J connectivity index is 1.54. The third kappa shape index (κ3) is 6.11. The highest BCUT2D eigenvalue weighted by molar-refractivity contribution is 7.99. The molecule has 1 aliphatic heterocycles. The third-order valence-electron chi connectivity index (χ3n) is 6.11. The van der Waals surface area contributed by atoms with Crippen LogP contribution in [0.4, 0.5) is 13.9 Å². The molecule has 12 nitrogen and oxygen atoms in total. The van der Waals surface area contributed by atoms with Crippen LogP contribution in [-0.2, 0) is 16.1 Å². The van der Waals surface area contributed by atoms with Crippen molar-refractivity contribution in [1.29, 1.82) is 5.26 Å². The Hall–Kier alpha value is -3.43. The van der Waals surface area contributed by atoms with Crippen LogP contribution in [0.2, 0.25) is 5.02 Å². The third-order valence-corrected chi connectivity index (χ3v) is 8.17. The van der Waals surface area contributed by atoms with Crippen LogP contribution in [0.15, 0.2) is 40.9 Å². The summed E-state index contributed by atoms with van der Waals surface area (Å²) in [7, 11) is 0. The average molecular weight is 624 g/mol. The molecule has 0 spiro atoms. The average Bonchev–Trinajstić information content (AvgIpc) is 3.60. The van der Waals surface area contributed by atoms with E-state index in [1.807, 2.05) is 6.07 Å². The molecule has 1 aliphatic rings. The van der Waals surface area contributed by atoms with Gasteiger partial charge >= 0.3 is 0 Å². The summed E-state index contributed by atoms with van der Waals surface area (Å²) in [6.07, 6.45) is -0.821. The van der Waals surface area contributed by atoms with Gasteiger partial charge in [0.2, 0.25) is 0 Å². The lowest BCUT2D eigenvalue weighted by Crippen LogP contribution is -2.55. The molecule has 0 radical (unpaired) electrons. The van der Waals surface area contributed by atoms with Crippen LogP contribution in [0, 0.1) is 23.0 Å². The molecule has 5 N–H and O–H groups in total. The zero-order chi connectivity index (χ0) is 29.3. The number of benzene rings is 1. The van der Waals surface area contributed by atoms with Gasteiger partial charge in [0.05, 0.1) is 24.4 Å². The minimum atomic E-state index is -1.39. The molecule has 41 heavy (non-hydrogen) atoms. The molecule has 1 fully saturated rings. The number of thiazole rings is 1. The molecule has 0 amide bonds. The molecule has 214 valence electrons. The van der Waals surface area contributed by atoms with Crippen LogP contribution >= 0.6 is 34.7 Å². The number of phenols is 1. The molecule has 4 heterocycles. The number of anilines is 1. The van der Waals surface area contributed by atoms with Crippen LogP contribution in [0.3, 0.4) is 0 Å². The Morgan fingerprint density at radius 2 is 2.02 bits per heavy atom. The Morgan fingerprint density at radius 1 is 1.27 bits per heavy atom. The molecule has 3 unspecified atom stereocenters. The Bertz CT molecular complexity index is 1580. The van der Waals surface area contributed by atoms with Gasteiger partial charge in [0.1, 0.15) is 47.2 Å². The normalized spacial score (nSPS) is 22.5. The number of rotatable bonds is 8. The summed E-state index contributed by atoms with van der Waals surface area (Å²) < 4.78 is 41.5. The van der Waals surface area contributed by atoms with Crippen molar-refractivity contribution in [2.45, 2.75) is 41.3 Å². The molecule has 3 aromatic heterocycles. The molecule has 4 aromatic rings. The van der Waals surface area contributed by atoms with Gasteiger partial charge in [0.25, 0.3) is 0 Å². The summed E-state index contributed by atoms with van der Waals surface area (Å²) in [6.45, 7) is -0.964. The Labute approximate surface area is 243 Å². The van der Waals surface area contributed by atoms with Gasteiger partial charge in [-0.1, -0.05) is 28.6 Å². The Morgan fingerprint density at radius 3 is 2.68 bits per heavy atom. The number of halogens is 3. The highest BCUT2D eigenvalue weighted by Crippen LogP contribution is 2.41. The number of hydrogen-bond acceptors (Lipinski definition) is 13. The molecule has 5 rings (SSSR count). The van der Waals surface area contributed by atoms with Gasteiger partial charge in [0, 0.05) is 16.5 Å². The smallest absolute Gasteiger partial charge is 0.187 e. The van der Waals surface area contributed by atoms with E-state index >= 15 is 0 Å². The zero-order valence-electron chi connectivity index (χ0n) is 20.6. The minimum Gasteiger partial charge on any atom is -0.503 e. The second-order valence-corrected chi connectivity index (χ2v) is 11.2. The SMILES string of the molecule is N#Cc1ncc(Cl)cc1S[C@H]1OC(CO)[C@H](O)C(n2cc(-c3csc(N)n3)nn2)C1OCc1cc(F)c(O)c(F)c1. The number of hydrogen-bond donors (Lipinski definition) is 4. The van der Waals surface area contributed by atoms with Crippen molar-refractivity contribution < 1.29 is 33.6 Å². The second kappa shape index (κ2) is 12.2. The number of nitriles is 1. The maximum atomic E-state index is 14.0. The molecule has 0 bridgehead atoms. The van der Waals surface area contributed by atoms with Gasteiger partial charge in [-0.15, -0.1) is 16.4 Å². The number of aromatic nitrogens is 5. The van der Waals surface area contributed by atoms with Crippen LogP contribution in [0.25, 0.3) is 11.4 Å². The molecular weight excluding hydrogens is 604 g/mol. The van der Waals surface area contributed by atoms with Crippen molar-refractivity contribution in [3.63, 3.8) is 0 Å². The molecule has 5 atom stereocenters. The zero-order valence-corrected chi connectivity index (χ0v) is 23.0. The van der Waals surface area contributed by atoms with E-state index in [0.717, 1.165) is 23.9 Å². The highest BCUT2D eigenvalue weighted by Gasteiger charge is 2.48. The lowest BCUT2D eigenvalue weighted by Gasteiger charge is -2.43. The number of nitrogens with two attached hydrogens (primary N) is 1. The standard InChI is InChI=1S/C24H20ClF2N7O5S2/c25-11-3-18(14(4-28)30-5-11)41-23-22(38-8-10-1-12(26)20(36)13(27)2-10)19(21(37)17(7-35)39-23)34-6-15(32-33-34)16-9-40-24(29)31-16/h1-3,5-6,9,17,19,21-23,35-37H,7-8H2,(H2,29,31)/t17?,19?,21-,22?,23+/m0/s1. The maximum absolute atomic E-state index is 14.0. The first-order chi connectivity index (χ1) is 19.7. The number of aliphatic hydroxyl groups is 2. The van der Waals surface area contributed by atoms with Crippen LogP contribution < -0.4 is 5.73 Å².